The Balaban J connectivity index is 1.64. The first kappa shape index (κ1) is 18.0. The van der Waals surface area contributed by atoms with Crippen molar-refractivity contribution < 1.29 is 9.72 Å². The number of halogens is 1. The van der Waals surface area contributed by atoms with Crippen molar-refractivity contribution in [3.63, 3.8) is 0 Å². The summed E-state index contributed by atoms with van der Waals surface area (Å²) in [7, 11) is 0. The number of nitro groups is 1. The van der Waals surface area contributed by atoms with Gasteiger partial charge in [-0.15, -0.1) is 0 Å². The predicted octanol–water partition coefficient (Wildman–Crippen LogP) is 3.91. The quantitative estimate of drug-likeness (QED) is 0.652. The number of aryl methyl sites for hydroxylation is 1. The second kappa shape index (κ2) is 7.61. The Morgan fingerprint density at radius 2 is 1.88 bits per heavy atom. The first-order chi connectivity index (χ1) is 12.4. The highest BCUT2D eigenvalue weighted by molar-refractivity contribution is 6.30. The molecular formula is C18H19ClN4O3. The monoisotopic (exact) mass is 374 g/mol. The van der Waals surface area contributed by atoms with Gasteiger partial charge in [-0.05, 0) is 36.8 Å². The highest BCUT2D eigenvalue weighted by Gasteiger charge is 2.26. The topological polar surface area (TPSA) is 78.7 Å². The maximum atomic E-state index is 12.4. The van der Waals surface area contributed by atoms with Gasteiger partial charge in [0, 0.05) is 43.0 Å². The lowest BCUT2D eigenvalue weighted by Crippen LogP contribution is -2.50. The molecule has 0 aromatic heterocycles. The van der Waals surface area contributed by atoms with E-state index in [-0.39, 0.29) is 11.7 Å². The maximum absolute atomic E-state index is 12.4. The van der Waals surface area contributed by atoms with Crippen molar-refractivity contribution in [2.75, 3.05) is 36.4 Å². The normalized spacial score (nSPS) is 14.2. The van der Waals surface area contributed by atoms with Crippen LogP contribution in [0.5, 0.6) is 0 Å². The molecule has 1 saturated heterocycles. The van der Waals surface area contributed by atoms with Gasteiger partial charge in [-0.25, -0.2) is 4.79 Å². The summed E-state index contributed by atoms with van der Waals surface area (Å²) in [6, 6.07) is 12.1. The zero-order chi connectivity index (χ0) is 18.7. The van der Waals surface area contributed by atoms with E-state index in [4.69, 9.17) is 11.6 Å². The molecule has 1 aliphatic rings. The molecule has 0 saturated carbocycles. The van der Waals surface area contributed by atoms with Crippen LogP contribution < -0.4 is 10.2 Å². The molecular weight excluding hydrogens is 356 g/mol. The number of nitrogens with one attached hydrogen (secondary N) is 1. The number of anilines is 2. The molecule has 3 rings (SSSR count). The fraction of sp³-hybridized carbons (Fsp3) is 0.278. The molecule has 2 amide bonds. The van der Waals surface area contributed by atoms with Gasteiger partial charge in [0.25, 0.3) is 5.69 Å². The summed E-state index contributed by atoms with van der Waals surface area (Å²) in [6.45, 7) is 3.97. The molecule has 2 aromatic rings. The van der Waals surface area contributed by atoms with E-state index in [9.17, 15) is 14.9 Å². The maximum Gasteiger partial charge on any atom is 0.321 e. The average Bonchev–Trinajstić information content (AvgIpc) is 2.62. The van der Waals surface area contributed by atoms with Crippen molar-refractivity contribution in [1.29, 1.82) is 0 Å². The number of hydrogen-bond acceptors (Lipinski definition) is 4. The molecule has 0 atom stereocenters. The van der Waals surface area contributed by atoms with Gasteiger partial charge < -0.3 is 15.1 Å². The van der Waals surface area contributed by atoms with Crippen LogP contribution in [-0.2, 0) is 0 Å². The molecule has 26 heavy (non-hydrogen) atoms. The van der Waals surface area contributed by atoms with Gasteiger partial charge in [0.15, 0.2) is 0 Å². The van der Waals surface area contributed by atoms with Crippen LogP contribution in [0.4, 0.5) is 21.9 Å². The highest BCUT2D eigenvalue weighted by Crippen LogP contribution is 2.31. The molecule has 1 fully saturated rings. The van der Waals surface area contributed by atoms with Gasteiger partial charge in [0.1, 0.15) is 5.69 Å². The summed E-state index contributed by atoms with van der Waals surface area (Å²) < 4.78 is 0. The van der Waals surface area contributed by atoms with Crippen LogP contribution in [0.1, 0.15) is 5.56 Å². The molecule has 0 spiro atoms. The number of nitro benzene ring substituents is 1. The summed E-state index contributed by atoms with van der Waals surface area (Å²) in [5, 5.41) is 14.5. The zero-order valence-electron chi connectivity index (χ0n) is 14.3. The Kier molecular flexibility index (Phi) is 5.27. The molecule has 0 aliphatic carbocycles. The Morgan fingerprint density at radius 1 is 1.15 bits per heavy atom. The van der Waals surface area contributed by atoms with Crippen molar-refractivity contribution in [2.45, 2.75) is 6.92 Å². The van der Waals surface area contributed by atoms with E-state index in [0.29, 0.717) is 36.9 Å². The molecule has 2 aromatic carbocycles. The summed E-state index contributed by atoms with van der Waals surface area (Å²) in [5.74, 6) is 0. The van der Waals surface area contributed by atoms with Gasteiger partial charge in [0.05, 0.1) is 4.92 Å². The molecule has 1 N–H and O–H groups in total. The van der Waals surface area contributed by atoms with Gasteiger partial charge in [-0.1, -0.05) is 23.7 Å². The average molecular weight is 375 g/mol. The molecule has 0 unspecified atom stereocenters. The third-order valence-corrected chi connectivity index (χ3v) is 4.55. The van der Waals surface area contributed by atoms with Crippen molar-refractivity contribution in [1.82, 2.24) is 4.90 Å². The second-order valence-electron chi connectivity index (χ2n) is 6.16. The van der Waals surface area contributed by atoms with Crippen LogP contribution in [0.15, 0.2) is 42.5 Å². The minimum absolute atomic E-state index is 0.0184. The zero-order valence-corrected chi connectivity index (χ0v) is 15.1. The number of piperazine rings is 1. The minimum Gasteiger partial charge on any atom is -0.362 e. The number of benzene rings is 2. The molecule has 8 heteroatoms. The summed E-state index contributed by atoms with van der Waals surface area (Å²) in [5.41, 5.74) is 2.33. The first-order valence-corrected chi connectivity index (χ1v) is 8.63. The molecule has 7 nitrogen and oxygen atoms in total. The lowest BCUT2D eigenvalue weighted by Gasteiger charge is -2.35. The van der Waals surface area contributed by atoms with Crippen LogP contribution >= 0.6 is 11.6 Å². The first-order valence-electron chi connectivity index (χ1n) is 8.25. The van der Waals surface area contributed by atoms with Crippen molar-refractivity contribution >= 4 is 34.7 Å². The fourth-order valence-corrected chi connectivity index (χ4v) is 3.15. The third-order valence-electron chi connectivity index (χ3n) is 4.31. The lowest BCUT2D eigenvalue weighted by molar-refractivity contribution is -0.384. The summed E-state index contributed by atoms with van der Waals surface area (Å²) in [4.78, 5) is 26.9. The van der Waals surface area contributed by atoms with E-state index in [0.717, 1.165) is 11.3 Å². The SMILES string of the molecule is Cc1cccc(NC(=O)N2CCN(c3ccc(Cl)cc3[N+](=O)[O-])CC2)c1. The molecule has 136 valence electrons. The summed E-state index contributed by atoms with van der Waals surface area (Å²) in [6.07, 6.45) is 0. The van der Waals surface area contributed by atoms with Gasteiger partial charge >= 0.3 is 6.03 Å². The number of carbonyl (C=O) groups is 1. The number of carbonyl (C=O) groups excluding carboxylic acids is 1. The van der Waals surface area contributed by atoms with Crippen LogP contribution in [-0.4, -0.2) is 42.0 Å². The Morgan fingerprint density at radius 3 is 2.54 bits per heavy atom. The van der Waals surface area contributed by atoms with E-state index < -0.39 is 4.92 Å². The number of urea groups is 1. The Labute approximate surface area is 156 Å². The van der Waals surface area contributed by atoms with Crippen molar-refractivity contribution in [3.05, 3.63) is 63.2 Å². The van der Waals surface area contributed by atoms with E-state index >= 15 is 0 Å². The number of hydrogen-bond donors (Lipinski definition) is 1. The van der Waals surface area contributed by atoms with Crippen molar-refractivity contribution in [2.24, 2.45) is 0 Å². The van der Waals surface area contributed by atoms with Crippen molar-refractivity contribution in [3.8, 4) is 0 Å². The van der Waals surface area contributed by atoms with Crippen LogP contribution in [0.2, 0.25) is 5.02 Å². The molecule has 1 heterocycles. The number of nitrogens with zero attached hydrogens (tertiary/aromatic N) is 3. The minimum atomic E-state index is -0.433. The molecule has 0 radical (unpaired) electrons. The van der Waals surface area contributed by atoms with Crippen LogP contribution in [0.25, 0.3) is 0 Å². The largest absolute Gasteiger partial charge is 0.362 e. The summed E-state index contributed by atoms with van der Waals surface area (Å²) >= 11 is 5.87. The van der Waals surface area contributed by atoms with Gasteiger partial charge in [-0.2, -0.15) is 0 Å². The number of amides is 2. The Hall–Kier alpha value is -2.80. The lowest BCUT2D eigenvalue weighted by atomic mass is 10.2. The van der Waals surface area contributed by atoms with Gasteiger partial charge in [-0.3, -0.25) is 10.1 Å². The van der Waals surface area contributed by atoms with Crippen LogP contribution in [0, 0.1) is 17.0 Å². The van der Waals surface area contributed by atoms with E-state index in [1.165, 1.54) is 6.07 Å². The van der Waals surface area contributed by atoms with E-state index in [2.05, 4.69) is 5.32 Å². The standard InChI is InChI=1S/C18H19ClN4O3/c1-13-3-2-4-15(11-13)20-18(24)22-9-7-21(8-10-22)16-6-5-14(19)12-17(16)23(25)26/h2-6,11-12H,7-10H2,1H3,(H,20,24). The molecule has 0 bridgehead atoms. The highest BCUT2D eigenvalue weighted by atomic mass is 35.5. The second-order valence-corrected chi connectivity index (χ2v) is 6.60. The van der Waals surface area contributed by atoms with E-state index in [1.807, 2.05) is 36.1 Å². The third kappa shape index (κ3) is 4.05. The van der Waals surface area contributed by atoms with Crippen LogP contribution in [0.3, 0.4) is 0 Å². The predicted molar refractivity (Wildman–Crippen MR) is 102 cm³/mol. The number of rotatable bonds is 3. The smallest absolute Gasteiger partial charge is 0.321 e. The van der Waals surface area contributed by atoms with Gasteiger partial charge in [0.2, 0.25) is 0 Å². The molecule has 1 aliphatic heterocycles. The Bertz CT molecular complexity index is 835. The van der Waals surface area contributed by atoms with E-state index in [1.54, 1.807) is 17.0 Å². The fourth-order valence-electron chi connectivity index (χ4n) is 2.99.